The summed E-state index contributed by atoms with van der Waals surface area (Å²) in [5.74, 6) is -5.71. The largest absolute Gasteiger partial charge is 0.394 e. The van der Waals surface area contributed by atoms with Crippen molar-refractivity contribution < 1.29 is 291 Å². The summed E-state index contributed by atoms with van der Waals surface area (Å²) >= 11 is 0. The van der Waals surface area contributed by atoms with Gasteiger partial charge in [-0.15, -0.1) is 0 Å². The molecule has 860 valence electrons. The van der Waals surface area contributed by atoms with Crippen LogP contribution >= 0.6 is 0 Å². The molecule has 0 saturated carbocycles. The Labute approximate surface area is 845 Å². The maximum atomic E-state index is 13.5. The summed E-state index contributed by atoms with van der Waals surface area (Å²) < 4.78 is 138. The second kappa shape index (κ2) is 53.4. The molecule has 0 spiro atoms. The van der Waals surface area contributed by atoms with Gasteiger partial charge in [-0.05, 0) is 13.8 Å². The summed E-state index contributed by atoms with van der Waals surface area (Å²) in [5, 5.41) is 355. The predicted octanol–water partition coefficient (Wildman–Crippen LogP) is -24.2. The second-order valence-corrected chi connectivity index (χ2v) is 38.1. The van der Waals surface area contributed by atoms with E-state index < -0.39 is 470 Å². The topological polar surface area (TPSA) is 994 Å². The fourth-order valence-electron chi connectivity index (χ4n) is 19.5. The van der Waals surface area contributed by atoms with Crippen LogP contribution in [0.1, 0.15) is 55.4 Å². The van der Waals surface area contributed by atoms with Crippen molar-refractivity contribution in [2.24, 2.45) is 0 Å². The van der Waals surface area contributed by atoms with E-state index in [1.54, 1.807) is 0 Å². The van der Waals surface area contributed by atoms with Crippen LogP contribution in [0, 0.1) is 0 Å². The van der Waals surface area contributed by atoms with Crippen LogP contribution in [0.5, 0.6) is 0 Å². The van der Waals surface area contributed by atoms with Crippen LogP contribution in [-0.4, -0.2) is 623 Å². The third kappa shape index (κ3) is 27.5. The Hall–Kier alpha value is -5.30. The van der Waals surface area contributed by atoms with Gasteiger partial charge in [0.15, 0.2) is 75.5 Å². The average molecular weight is 2180 g/mol. The minimum absolute atomic E-state index is 0.864. The molecule has 36 N–H and O–H groups in total. The van der Waals surface area contributed by atoms with E-state index >= 15 is 0 Å². The zero-order valence-electron chi connectivity index (χ0n) is 81.0. The quantitative estimate of drug-likeness (QED) is 0.0273. The number of hydrogen-bond acceptors (Lipinski definition) is 59. The summed E-state index contributed by atoms with van der Waals surface area (Å²) in [4.78, 5) is 78.1. The molecule has 6 amide bonds. The number of aliphatic hydroxyl groups is 30. The molecule has 12 fully saturated rings. The van der Waals surface area contributed by atoms with E-state index in [-0.39, 0.29) is 0 Å². The van der Waals surface area contributed by atoms with Crippen LogP contribution in [0.4, 0.5) is 0 Å². The highest BCUT2D eigenvalue weighted by Gasteiger charge is 2.64. The zero-order chi connectivity index (χ0) is 110. The third-order valence-corrected chi connectivity index (χ3v) is 27.4. The minimum Gasteiger partial charge on any atom is -0.394 e. The number of carbonyl (C=O) groups excluding carboxylic acids is 6. The Kier molecular flexibility index (Phi) is 43.8. The van der Waals surface area contributed by atoms with Crippen molar-refractivity contribution in [3.05, 3.63) is 0 Å². The zero-order valence-corrected chi connectivity index (χ0v) is 81.0. The lowest BCUT2D eigenvalue weighted by atomic mass is 9.93. The van der Waals surface area contributed by atoms with Crippen LogP contribution in [0.3, 0.4) is 0 Å². The monoisotopic (exact) mass is 2180 g/mol. The maximum absolute atomic E-state index is 13.5. The average Bonchev–Trinajstić information content (AvgIpc) is 0.761. The Bertz CT molecular complexity index is 4230. The van der Waals surface area contributed by atoms with Gasteiger partial charge in [0.25, 0.3) is 0 Å². The fourth-order valence-corrected chi connectivity index (χ4v) is 19.5. The highest BCUT2D eigenvalue weighted by Crippen LogP contribution is 2.43. The van der Waals surface area contributed by atoms with E-state index in [4.69, 9.17) is 109 Å². The number of carbonyl (C=O) groups is 6. The highest BCUT2D eigenvalue weighted by molar-refractivity contribution is 5.75. The fraction of sp³-hybridized carbons (Fsp3) is 0.929. The molecule has 65 nitrogen and oxygen atoms in total. The Balaban J connectivity index is 0.798. The molecule has 0 aromatic heterocycles. The van der Waals surface area contributed by atoms with Crippen LogP contribution < -0.4 is 31.9 Å². The Morgan fingerprint density at radius 3 is 0.805 bits per heavy atom. The van der Waals surface area contributed by atoms with Crippen molar-refractivity contribution >= 4 is 35.4 Å². The molecule has 149 heavy (non-hydrogen) atoms. The van der Waals surface area contributed by atoms with E-state index in [1.165, 1.54) is 13.8 Å². The van der Waals surface area contributed by atoms with Crippen LogP contribution in [0.15, 0.2) is 0 Å². The lowest BCUT2D eigenvalue weighted by molar-refractivity contribution is -0.402. The first-order valence-corrected chi connectivity index (χ1v) is 47.9. The summed E-state index contributed by atoms with van der Waals surface area (Å²) in [6.07, 6.45) is -112. The molecule has 0 aliphatic carbocycles. The summed E-state index contributed by atoms with van der Waals surface area (Å²) in [6, 6.07) is -11.6. The van der Waals surface area contributed by atoms with Crippen LogP contribution in [0.25, 0.3) is 0 Å². The van der Waals surface area contributed by atoms with Gasteiger partial charge in [-0.3, -0.25) is 28.8 Å². The van der Waals surface area contributed by atoms with E-state index in [2.05, 4.69) is 31.9 Å². The molecule has 12 aliphatic heterocycles. The van der Waals surface area contributed by atoms with Gasteiger partial charge in [0.05, 0.1) is 78.3 Å². The molecular formula is C84H140N6O59. The first-order chi connectivity index (χ1) is 70.4. The number of hydrogen-bond donors (Lipinski definition) is 36. The molecule has 12 heterocycles. The van der Waals surface area contributed by atoms with Crippen molar-refractivity contribution in [2.75, 3.05) is 66.1 Å². The van der Waals surface area contributed by atoms with Gasteiger partial charge in [0.1, 0.15) is 280 Å². The van der Waals surface area contributed by atoms with E-state index in [1.807, 2.05) is 0 Å². The molecule has 0 aromatic rings. The van der Waals surface area contributed by atoms with E-state index in [0.29, 0.717) is 0 Å². The summed E-state index contributed by atoms with van der Waals surface area (Å²) in [7, 11) is 0. The number of aliphatic hydroxyl groups excluding tert-OH is 30. The van der Waals surface area contributed by atoms with Crippen molar-refractivity contribution in [3.8, 4) is 0 Å². The standard InChI is InChI=1S/C84H140N6O59/c1-19-43(105)57(119)60(122)79(129-19)148-71-59(121)47(109)29(11-93)135-83(71)142-65-32(14-96)137-75(39(54(65)116)87-23(5)101)127-17-35-50(112)67(42(73(126)131-35)90-26(8)104)144-81-62(124)68(48(110)30(12-94)134-81)145-77-40(88-24(6)102)55(117)64(33(15-97)138-77)141-82-63(125)69(51(113)36(140-82)18-128-74-37(85-21(3)99)52(114)45(107)27(9-91)132-74)146-78-41(89-25(7)103)56(118)66(34(16-98)139-78)143-84-72(149-80-61(123)58(120)44(106)20(2)130-80)70(49(111)31(13-95)136-84)147-76-38(86-22(4)100)53(115)46(108)28(10-92)133-76/h19-20,27-84,91-98,105-126H,9-18H2,1-8H3,(H,85,99)(H,86,100)(H,87,101)(H,88,102)(H,89,103)(H,90,104)/t19-,20-,27+,28+,29+,30+,31+,32+,33+,34+,35+,36+,37+,38+,39+,40+,41+,42+,43+,44+,45+,46-,47-,48-,49-,50-,51-,52+,53+,54+,55+,56+,57+,58+,59-,60-,61-,62+,63+,64+,65+,66+,67+,68-,69-,70-,71+,72+,73?,74+,75+,76+,77-,78-,79-,80-,81-,82-,83-,84-/m0/s1. The summed E-state index contributed by atoms with van der Waals surface area (Å²) in [5.41, 5.74) is 0. The third-order valence-electron chi connectivity index (χ3n) is 27.4. The van der Waals surface area contributed by atoms with Gasteiger partial charge in [0, 0.05) is 41.5 Å². The lowest BCUT2D eigenvalue weighted by Gasteiger charge is -2.52. The molecule has 1 unspecified atom stereocenters. The number of ether oxygens (including phenoxy) is 23. The number of rotatable bonds is 38. The second-order valence-electron chi connectivity index (χ2n) is 38.1. The van der Waals surface area contributed by atoms with Gasteiger partial charge in [-0.1, -0.05) is 0 Å². The minimum atomic E-state index is -2.60. The van der Waals surface area contributed by atoms with Crippen LogP contribution in [-0.2, 0) is 138 Å². The molecule has 65 heteroatoms. The van der Waals surface area contributed by atoms with Gasteiger partial charge >= 0.3 is 0 Å². The van der Waals surface area contributed by atoms with Crippen LogP contribution in [0.2, 0.25) is 0 Å². The van der Waals surface area contributed by atoms with Gasteiger partial charge in [0.2, 0.25) is 35.4 Å². The summed E-state index contributed by atoms with van der Waals surface area (Å²) in [6.45, 7) is -3.18. The lowest BCUT2D eigenvalue weighted by Crippen LogP contribution is -2.71. The molecule has 12 aliphatic rings. The smallest absolute Gasteiger partial charge is 0.217 e. The molecule has 0 aromatic carbocycles. The van der Waals surface area contributed by atoms with Gasteiger partial charge in [-0.25, -0.2) is 0 Å². The van der Waals surface area contributed by atoms with Crippen molar-refractivity contribution in [1.29, 1.82) is 0 Å². The molecule has 0 bridgehead atoms. The van der Waals surface area contributed by atoms with Gasteiger partial charge < -0.3 is 294 Å². The maximum Gasteiger partial charge on any atom is 0.217 e. The van der Waals surface area contributed by atoms with Crippen molar-refractivity contribution in [3.63, 3.8) is 0 Å². The molecular weight excluding hydrogens is 2040 g/mol. The first-order valence-electron chi connectivity index (χ1n) is 47.9. The molecule has 12 rings (SSSR count). The van der Waals surface area contributed by atoms with Crippen molar-refractivity contribution in [1.82, 2.24) is 31.9 Å². The molecule has 12 saturated heterocycles. The Morgan fingerprint density at radius 1 is 0.188 bits per heavy atom. The van der Waals surface area contributed by atoms with E-state index in [9.17, 15) is 182 Å². The predicted molar refractivity (Wildman–Crippen MR) is 462 cm³/mol. The van der Waals surface area contributed by atoms with Gasteiger partial charge in [-0.2, -0.15) is 0 Å². The van der Waals surface area contributed by atoms with E-state index in [0.717, 1.165) is 41.5 Å². The normalized spacial score (nSPS) is 49.0. The Morgan fingerprint density at radius 2 is 0.423 bits per heavy atom. The highest BCUT2D eigenvalue weighted by atomic mass is 16.8. The number of nitrogens with one attached hydrogen (secondary N) is 6. The molecule has 60 atom stereocenters. The first kappa shape index (κ1) is 122. The molecule has 0 radical (unpaired) electrons. The number of amides is 6. The SMILES string of the molecule is CC(=O)N[C@H]1[C@H](O[C@H]2[C@@H](O)[C@@H](CO)O[C@@H](O[C@H]3[C@@H](O)[C@@H](CO[C@@H]4O[C@H](CO)[C@@H](O[C@@H]5O[C@H](CO)[C@H](O)[C@H](O)[C@H]5O[C@@H]5O[C@@H](C)[C@@H](O)[C@@H](O)[C@@H]5O)[C@H](O)[C@H]4NC(C)=O)OC(O)[C@@H]3NC(C)=O)[C@@H]2O)O[C@H](CO)[C@@H](O[C@@H]2O[C@H](CO[C@@H]3O[C@H](CO)[C@@H](O)[C@H](O)[C@H]3NC(C)=O)[C@H](O)[C@H](O[C@@H]3O[C@H](CO)[C@@H](O[C@@H]4O[C@H](CO)[C@H](O)[C@H](O[C@H]5O[C@H](CO)[C@H](O)[C@H](O)[C@H]5NC(C)=O)[C@H]4O[C@@H]4O[C@@H](C)[C@@H](O)[C@@H](O)[C@@H]4O)[C@H](O)[C@H]3NC(C)=O)[C@H]2O)[C@@H]1O. The van der Waals surface area contributed by atoms with Crippen molar-refractivity contribution in [2.45, 2.75) is 423 Å².